The van der Waals surface area contributed by atoms with E-state index in [-0.39, 0.29) is 4.90 Å². The van der Waals surface area contributed by atoms with Gasteiger partial charge in [-0.2, -0.15) is 0 Å². The second kappa shape index (κ2) is 6.28. The van der Waals surface area contributed by atoms with E-state index >= 15 is 0 Å². The normalized spacial score (nSPS) is 11.6. The number of hydrogen-bond acceptors (Lipinski definition) is 4. The van der Waals surface area contributed by atoms with Crippen molar-refractivity contribution in [2.24, 2.45) is 0 Å². The summed E-state index contributed by atoms with van der Waals surface area (Å²) in [5.74, 6) is 0. The van der Waals surface area contributed by atoms with Gasteiger partial charge in [0, 0.05) is 36.9 Å². The minimum absolute atomic E-state index is 0.268. The molecule has 0 aliphatic carbocycles. The van der Waals surface area contributed by atoms with Gasteiger partial charge in [-0.15, -0.1) is 0 Å². The lowest BCUT2D eigenvalue weighted by Gasteiger charge is -2.06. The lowest BCUT2D eigenvalue weighted by Crippen LogP contribution is -2.12. The van der Waals surface area contributed by atoms with Crippen LogP contribution in [0.1, 0.15) is 18.3 Å². The molecule has 0 unspecified atom stereocenters. The Kier molecular flexibility index (Phi) is 4.64. The standard InChI is InChI=1S/C14H20N4O2S/c1-4-18-10-14(8-13(18)9-15-3)21(19,20)17-12-5-6-16-11(2)7-12/h5-8,10,15H,4,9H2,1-3H3,(H,16,17). The predicted octanol–water partition coefficient (Wildman–Crippen LogP) is 1.73. The molecule has 0 saturated heterocycles. The number of anilines is 1. The molecule has 2 rings (SSSR count). The highest BCUT2D eigenvalue weighted by molar-refractivity contribution is 7.92. The van der Waals surface area contributed by atoms with E-state index < -0.39 is 10.0 Å². The number of nitrogens with zero attached hydrogens (tertiary/aromatic N) is 2. The molecule has 0 radical (unpaired) electrons. The van der Waals surface area contributed by atoms with Crippen molar-refractivity contribution in [3.8, 4) is 0 Å². The number of hydrogen-bond donors (Lipinski definition) is 2. The van der Waals surface area contributed by atoms with Gasteiger partial charge in [-0.1, -0.05) is 0 Å². The van der Waals surface area contributed by atoms with Gasteiger partial charge in [0.05, 0.1) is 5.69 Å². The zero-order valence-electron chi connectivity index (χ0n) is 12.4. The highest BCUT2D eigenvalue weighted by Crippen LogP contribution is 2.19. The van der Waals surface area contributed by atoms with E-state index in [9.17, 15) is 8.42 Å². The Morgan fingerprint density at radius 1 is 1.33 bits per heavy atom. The first-order valence-corrected chi connectivity index (χ1v) is 8.23. The average molecular weight is 308 g/mol. The number of pyridine rings is 1. The molecule has 0 aliphatic heterocycles. The molecule has 21 heavy (non-hydrogen) atoms. The van der Waals surface area contributed by atoms with Crippen LogP contribution in [-0.4, -0.2) is 25.0 Å². The summed E-state index contributed by atoms with van der Waals surface area (Å²) in [5, 5.41) is 3.04. The quantitative estimate of drug-likeness (QED) is 0.852. The summed E-state index contributed by atoms with van der Waals surface area (Å²) in [6.07, 6.45) is 3.24. The number of aromatic nitrogens is 2. The van der Waals surface area contributed by atoms with Crippen LogP contribution in [0.15, 0.2) is 35.5 Å². The Bertz CT molecular complexity index is 722. The van der Waals surface area contributed by atoms with Crippen molar-refractivity contribution in [3.05, 3.63) is 42.0 Å². The fourth-order valence-electron chi connectivity index (χ4n) is 2.12. The van der Waals surface area contributed by atoms with Crippen LogP contribution >= 0.6 is 0 Å². The van der Waals surface area contributed by atoms with Crippen molar-refractivity contribution in [1.82, 2.24) is 14.9 Å². The SMILES string of the molecule is CCn1cc(S(=O)(=O)Nc2ccnc(C)c2)cc1CNC. The van der Waals surface area contributed by atoms with Crippen LogP contribution in [0.3, 0.4) is 0 Å². The topological polar surface area (TPSA) is 76.0 Å². The van der Waals surface area contributed by atoms with Crippen molar-refractivity contribution in [2.45, 2.75) is 31.8 Å². The molecule has 114 valence electrons. The lowest BCUT2D eigenvalue weighted by molar-refractivity contribution is 0.600. The van der Waals surface area contributed by atoms with E-state index in [1.807, 2.05) is 25.5 Å². The van der Waals surface area contributed by atoms with Crippen LogP contribution in [0.2, 0.25) is 0 Å². The molecule has 2 aromatic heterocycles. The highest BCUT2D eigenvalue weighted by atomic mass is 32.2. The number of nitrogens with one attached hydrogen (secondary N) is 2. The molecule has 0 aromatic carbocycles. The van der Waals surface area contributed by atoms with Gasteiger partial charge in [-0.3, -0.25) is 9.71 Å². The molecular formula is C14H20N4O2S. The summed E-state index contributed by atoms with van der Waals surface area (Å²) in [6.45, 7) is 5.14. The van der Waals surface area contributed by atoms with Crippen LogP contribution in [0.5, 0.6) is 0 Å². The van der Waals surface area contributed by atoms with Gasteiger partial charge in [-0.05, 0) is 39.1 Å². The van der Waals surface area contributed by atoms with Gasteiger partial charge in [0.2, 0.25) is 0 Å². The molecule has 0 bridgehead atoms. The molecule has 0 atom stereocenters. The maximum absolute atomic E-state index is 12.4. The first-order chi connectivity index (χ1) is 9.96. The summed E-state index contributed by atoms with van der Waals surface area (Å²) in [7, 11) is -1.75. The number of rotatable bonds is 6. The minimum Gasteiger partial charge on any atom is -0.349 e. The van der Waals surface area contributed by atoms with E-state index in [0.717, 1.165) is 17.9 Å². The molecule has 0 saturated carbocycles. The summed E-state index contributed by atoms with van der Waals surface area (Å²) < 4.78 is 29.4. The maximum Gasteiger partial charge on any atom is 0.263 e. The lowest BCUT2D eigenvalue weighted by atomic mass is 10.3. The summed E-state index contributed by atoms with van der Waals surface area (Å²) in [6, 6.07) is 5.02. The van der Waals surface area contributed by atoms with Crippen LogP contribution < -0.4 is 10.0 Å². The summed E-state index contributed by atoms with van der Waals surface area (Å²) >= 11 is 0. The van der Waals surface area contributed by atoms with E-state index in [4.69, 9.17) is 0 Å². The maximum atomic E-state index is 12.4. The number of aryl methyl sites for hydroxylation is 2. The van der Waals surface area contributed by atoms with Crippen molar-refractivity contribution >= 4 is 15.7 Å². The highest BCUT2D eigenvalue weighted by Gasteiger charge is 2.18. The molecule has 0 fully saturated rings. The van der Waals surface area contributed by atoms with Crippen molar-refractivity contribution in [2.75, 3.05) is 11.8 Å². The van der Waals surface area contributed by atoms with E-state index in [2.05, 4.69) is 15.0 Å². The number of sulfonamides is 1. The Morgan fingerprint density at radius 3 is 2.71 bits per heavy atom. The molecule has 2 aromatic rings. The predicted molar refractivity (Wildman–Crippen MR) is 82.7 cm³/mol. The molecule has 0 aliphatic rings. The van der Waals surface area contributed by atoms with Crippen molar-refractivity contribution in [3.63, 3.8) is 0 Å². The fraction of sp³-hybridized carbons (Fsp3) is 0.357. The first-order valence-electron chi connectivity index (χ1n) is 6.75. The first kappa shape index (κ1) is 15.5. The fourth-order valence-corrected chi connectivity index (χ4v) is 3.23. The smallest absolute Gasteiger partial charge is 0.263 e. The van der Waals surface area contributed by atoms with Gasteiger partial charge in [-0.25, -0.2) is 8.42 Å². The van der Waals surface area contributed by atoms with Gasteiger partial charge in [0.25, 0.3) is 10.0 Å². The van der Waals surface area contributed by atoms with Crippen LogP contribution in [0.4, 0.5) is 5.69 Å². The molecule has 0 spiro atoms. The van der Waals surface area contributed by atoms with Crippen LogP contribution in [0, 0.1) is 6.92 Å². The second-order valence-electron chi connectivity index (χ2n) is 4.77. The van der Waals surface area contributed by atoms with Gasteiger partial charge >= 0.3 is 0 Å². The molecule has 2 N–H and O–H groups in total. The zero-order chi connectivity index (χ0) is 15.5. The molecule has 6 nitrogen and oxygen atoms in total. The van der Waals surface area contributed by atoms with Crippen molar-refractivity contribution < 1.29 is 8.42 Å². The van der Waals surface area contributed by atoms with Crippen LogP contribution in [0.25, 0.3) is 0 Å². The Balaban J connectivity index is 2.31. The summed E-state index contributed by atoms with van der Waals surface area (Å²) in [5.41, 5.74) is 2.21. The summed E-state index contributed by atoms with van der Waals surface area (Å²) in [4.78, 5) is 4.32. The third kappa shape index (κ3) is 3.62. The molecule has 2 heterocycles. The van der Waals surface area contributed by atoms with E-state index in [1.54, 1.807) is 30.6 Å². The largest absolute Gasteiger partial charge is 0.349 e. The van der Waals surface area contributed by atoms with Gasteiger partial charge in [0.1, 0.15) is 4.90 Å². The Hall–Kier alpha value is -1.86. The molecule has 7 heteroatoms. The van der Waals surface area contributed by atoms with Crippen molar-refractivity contribution in [1.29, 1.82) is 0 Å². The monoisotopic (exact) mass is 308 g/mol. The second-order valence-corrected chi connectivity index (χ2v) is 6.46. The average Bonchev–Trinajstić information content (AvgIpc) is 2.83. The van der Waals surface area contributed by atoms with Gasteiger partial charge in [0.15, 0.2) is 0 Å². The Morgan fingerprint density at radius 2 is 2.10 bits per heavy atom. The van der Waals surface area contributed by atoms with E-state index in [1.165, 1.54) is 0 Å². The minimum atomic E-state index is -3.59. The zero-order valence-corrected chi connectivity index (χ0v) is 13.2. The van der Waals surface area contributed by atoms with Crippen LogP contribution in [-0.2, 0) is 23.1 Å². The molecular weight excluding hydrogens is 288 g/mol. The van der Waals surface area contributed by atoms with E-state index in [0.29, 0.717) is 12.2 Å². The Labute approximate surface area is 125 Å². The third-order valence-corrected chi connectivity index (χ3v) is 4.47. The van der Waals surface area contributed by atoms with Gasteiger partial charge < -0.3 is 9.88 Å². The molecule has 0 amide bonds. The third-order valence-electron chi connectivity index (χ3n) is 3.12.